The monoisotopic (exact) mass is 246 g/mol. The standard InChI is InChI=1S/C14H18N2S/c1-10-5-6-12(8-11(10)2)13-9-16-14(17-13)4-3-7-15/h5-6,8-9H,3-4,7,15H2,1-2H3. The molecule has 2 rings (SSSR count). The van der Waals surface area contributed by atoms with E-state index < -0.39 is 0 Å². The smallest absolute Gasteiger partial charge is 0.0931 e. The molecule has 0 bridgehead atoms. The maximum atomic E-state index is 5.51. The first kappa shape index (κ1) is 12.3. The summed E-state index contributed by atoms with van der Waals surface area (Å²) in [6, 6.07) is 6.57. The Morgan fingerprint density at radius 2 is 2.06 bits per heavy atom. The van der Waals surface area contributed by atoms with Crippen LogP contribution < -0.4 is 5.73 Å². The third-order valence-electron chi connectivity index (χ3n) is 2.94. The van der Waals surface area contributed by atoms with Crippen molar-refractivity contribution in [1.29, 1.82) is 0 Å². The summed E-state index contributed by atoms with van der Waals surface area (Å²) in [5.41, 5.74) is 9.44. The third-order valence-corrected chi connectivity index (χ3v) is 4.05. The molecule has 2 aromatic rings. The largest absolute Gasteiger partial charge is 0.330 e. The minimum absolute atomic E-state index is 0.735. The molecule has 0 saturated carbocycles. The fourth-order valence-electron chi connectivity index (χ4n) is 1.71. The van der Waals surface area contributed by atoms with E-state index in [0.29, 0.717) is 0 Å². The van der Waals surface area contributed by atoms with Crippen molar-refractivity contribution in [2.75, 3.05) is 6.54 Å². The number of nitrogens with two attached hydrogens (primary N) is 1. The van der Waals surface area contributed by atoms with Crippen LogP contribution in [0, 0.1) is 13.8 Å². The lowest BCUT2D eigenvalue weighted by atomic mass is 10.1. The van der Waals surface area contributed by atoms with E-state index in [0.717, 1.165) is 19.4 Å². The topological polar surface area (TPSA) is 38.9 Å². The number of hydrogen-bond donors (Lipinski definition) is 1. The van der Waals surface area contributed by atoms with E-state index in [1.54, 1.807) is 11.3 Å². The van der Waals surface area contributed by atoms with Gasteiger partial charge in [-0.15, -0.1) is 11.3 Å². The first-order valence-electron chi connectivity index (χ1n) is 5.93. The quantitative estimate of drug-likeness (QED) is 0.898. The normalized spacial score (nSPS) is 10.8. The van der Waals surface area contributed by atoms with Crippen molar-refractivity contribution in [3.63, 3.8) is 0 Å². The third kappa shape index (κ3) is 2.93. The molecule has 0 spiro atoms. The van der Waals surface area contributed by atoms with E-state index in [-0.39, 0.29) is 0 Å². The van der Waals surface area contributed by atoms with Gasteiger partial charge in [-0.1, -0.05) is 18.2 Å². The van der Waals surface area contributed by atoms with E-state index in [9.17, 15) is 0 Å². The van der Waals surface area contributed by atoms with Crippen molar-refractivity contribution in [2.24, 2.45) is 5.73 Å². The Hall–Kier alpha value is -1.19. The molecule has 17 heavy (non-hydrogen) atoms. The van der Waals surface area contributed by atoms with Crippen LogP contribution in [-0.2, 0) is 6.42 Å². The Balaban J connectivity index is 2.21. The highest BCUT2D eigenvalue weighted by Crippen LogP contribution is 2.28. The van der Waals surface area contributed by atoms with Crippen molar-refractivity contribution in [3.8, 4) is 10.4 Å². The summed E-state index contributed by atoms with van der Waals surface area (Å²) >= 11 is 1.77. The molecule has 90 valence electrons. The molecule has 0 aliphatic carbocycles. The molecule has 0 fully saturated rings. The van der Waals surface area contributed by atoms with Crippen molar-refractivity contribution >= 4 is 11.3 Å². The predicted octanol–water partition coefficient (Wildman–Crippen LogP) is 3.32. The molecule has 0 aliphatic rings. The lowest BCUT2D eigenvalue weighted by Gasteiger charge is -2.02. The second-order valence-corrected chi connectivity index (χ2v) is 5.42. The Morgan fingerprint density at radius 1 is 1.24 bits per heavy atom. The van der Waals surface area contributed by atoms with Crippen LogP contribution in [0.1, 0.15) is 22.6 Å². The van der Waals surface area contributed by atoms with Gasteiger partial charge in [0.25, 0.3) is 0 Å². The Morgan fingerprint density at radius 3 is 2.76 bits per heavy atom. The lowest BCUT2D eigenvalue weighted by molar-refractivity contribution is 0.826. The molecule has 1 aromatic heterocycles. The predicted molar refractivity (Wildman–Crippen MR) is 74.4 cm³/mol. The van der Waals surface area contributed by atoms with Gasteiger partial charge in [-0.05, 0) is 43.5 Å². The van der Waals surface area contributed by atoms with Gasteiger partial charge in [-0.25, -0.2) is 4.98 Å². The van der Waals surface area contributed by atoms with Gasteiger partial charge in [0, 0.05) is 12.6 Å². The van der Waals surface area contributed by atoms with E-state index in [1.165, 1.54) is 26.6 Å². The molecule has 2 N–H and O–H groups in total. The van der Waals surface area contributed by atoms with Crippen LogP contribution >= 0.6 is 11.3 Å². The molecule has 0 aliphatic heterocycles. The minimum Gasteiger partial charge on any atom is -0.330 e. The van der Waals surface area contributed by atoms with Crippen LogP contribution in [-0.4, -0.2) is 11.5 Å². The van der Waals surface area contributed by atoms with Crippen molar-refractivity contribution in [3.05, 3.63) is 40.5 Å². The minimum atomic E-state index is 0.735. The summed E-state index contributed by atoms with van der Waals surface area (Å²) in [5.74, 6) is 0. The fraction of sp³-hybridized carbons (Fsp3) is 0.357. The van der Waals surface area contributed by atoms with Crippen LogP contribution in [0.15, 0.2) is 24.4 Å². The van der Waals surface area contributed by atoms with Crippen molar-refractivity contribution < 1.29 is 0 Å². The lowest BCUT2D eigenvalue weighted by Crippen LogP contribution is -1.99. The van der Waals surface area contributed by atoms with E-state index >= 15 is 0 Å². The Kier molecular flexibility index (Phi) is 3.92. The first-order valence-corrected chi connectivity index (χ1v) is 6.75. The summed E-state index contributed by atoms with van der Waals surface area (Å²) in [4.78, 5) is 5.70. The molecule has 0 radical (unpaired) electrons. The molecule has 3 heteroatoms. The number of nitrogens with zero attached hydrogens (tertiary/aromatic N) is 1. The van der Waals surface area contributed by atoms with Gasteiger partial charge in [0.05, 0.1) is 9.88 Å². The molecule has 0 atom stereocenters. The fourth-order valence-corrected chi connectivity index (χ4v) is 2.66. The first-order chi connectivity index (χ1) is 8.20. The van der Waals surface area contributed by atoms with E-state index in [2.05, 4.69) is 37.0 Å². The molecule has 0 unspecified atom stereocenters. The maximum absolute atomic E-state index is 5.51. The van der Waals surface area contributed by atoms with Crippen molar-refractivity contribution in [2.45, 2.75) is 26.7 Å². The van der Waals surface area contributed by atoms with Gasteiger partial charge in [-0.3, -0.25) is 0 Å². The van der Waals surface area contributed by atoms with Crippen LogP contribution in [0.4, 0.5) is 0 Å². The molecular formula is C14H18N2S. The van der Waals surface area contributed by atoms with Gasteiger partial charge >= 0.3 is 0 Å². The van der Waals surface area contributed by atoms with Crippen LogP contribution in [0.5, 0.6) is 0 Å². The summed E-state index contributed by atoms with van der Waals surface area (Å²) < 4.78 is 0. The molecular weight excluding hydrogens is 228 g/mol. The van der Waals surface area contributed by atoms with E-state index in [4.69, 9.17) is 5.73 Å². The highest BCUT2D eigenvalue weighted by atomic mass is 32.1. The van der Waals surface area contributed by atoms with Gasteiger partial charge in [0.1, 0.15) is 0 Å². The SMILES string of the molecule is Cc1ccc(-c2cnc(CCCN)s2)cc1C. The molecule has 1 aromatic carbocycles. The average molecular weight is 246 g/mol. The summed E-state index contributed by atoms with van der Waals surface area (Å²) in [7, 11) is 0. The zero-order valence-electron chi connectivity index (χ0n) is 10.4. The number of aromatic nitrogens is 1. The molecule has 0 saturated heterocycles. The molecule has 1 heterocycles. The van der Waals surface area contributed by atoms with Gasteiger partial charge < -0.3 is 5.73 Å². The van der Waals surface area contributed by atoms with Crippen LogP contribution in [0.3, 0.4) is 0 Å². The Bertz CT molecular complexity index is 503. The maximum Gasteiger partial charge on any atom is 0.0931 e. The zero-order valence-corrected chi connectivity index (χ0v) is 11.2. The number of thiazole rings is 1. The van der Waals surface area contributed by atoms with Crippen LogP contribution in [0.2, 0.25) is 0 Å². The molecule has 2 nitrogen and oxygen atoms in total. The number of aryl methyl sites for hydroxylation is 3. The molecule has 0 amide bonds. The van der Waals surface area contributed by atoms with E-state index in [1.807, 2.05) is 6.20 Å². The van der Waals surface area contributed by atoms with Crippen molar-refractivity contribution in [1.82, 2.24) is 4.98 Å². The second kappa shape index (κ2) is 5.43. The van der Waals surface area contributed by atoms with Gasteiger partial charge in [-0.2, -0.15) is 0 Å². The number of benzene rings is 1. The Labute approximate surface area is 107 Å². The summed E-state index contributed by atoms with van der Waals surface area (Å²) in [5, 5.41) is 1.18. The van der Waals surface area contributed by atoms with Crippen LogP contribution in [0.25, 0.3) is 10.4 Å². The zero-order chi connectivity index (χ0) is 12.3. The summed E-state index contributed by atoms with van der Waals surface area (Å²) in [6.07, 6.45) is 3.98. The summed E-state index contributed by atoms with van der Waals surface area (Å²) in [6.45, 7) is 5.02. The second-order valence-electron chi connectivity index (χ2n) is 4.31. The number of hydrogen-bond acceptors (Lipinski definition) is 3. The van der Waals surface area contributed by atoms with Gasteiger partial charge in [0.2, 0.25) is 0 Å². The highest BCUT2D eigenvalue weighted by molar-refractivity contribution is 7.15. The average Bonchev–Trinajstić information content (AvgIpc) is 2.79. The highest BCUT2D eigenvalue weighted by Gasteiger charge is 2.05. The van der Waals surface area contributed by atoms with Gasteiger partial charge in [0.15, 0.2) is 0 Å². The number of rotatable bonds is 4.